The van der Waals surface area contributed by atoms with Gasteiger partial charge in [-0.1, -0.05) is 41.5 Å². The van der Waals surface area contributed by atoms with E-state index in [9.17, 15) is 14.4 Å². The molecule has 6 nitrogen and oxygen atoms in total. The van der Waals surface area contributed by atoms with Gasteiger partial charge in [-0.2, -0.15) is 37.9 Å². The summed E-state index contributed by atoms with van der Waals surface area (Å²) in [6.45, 7) is 12.3. The molecule has 0 aromatic rings. The SMILES string of the molecule is CCC(CC)(OC(=O)CS)C1CC(C(CC)(CC)OC(=O)CS)CC(C(CC)(CC)OC(=O)CS)C1. The zero-order valence-corrected chi connectivity index (χ0v) is 25.7. The Hall–Kier alpha value is -0.540. The molecule has 1 saturated carbocycles. The lowest BCUT2D eigenvalue weighted by Gasteiger charge is -2.53. The topological polar surface area (TPSA) is 78.9 Å². The lowest BCUT2D eigenvalue weighted by molar-refractivity contribution is -0.191. The quantitative estimate of drug-likeness (QED) is 0.126. The number of ether oxygens (including phenoxy) is 3. The molecule has 1 fully saturated rings. The third-order valence-corrected chi connectivity index (χ3v) is 9.64. The molecule has 9 heteroatoms. The highest BCUT2D eigenvalue weighted by atomic mass is 32.1. The van der Waals surface area contributed by atoms with Gasteiger partial charge in [0.1, 0.15) is 16.8 Å². The molecule has 0 heterocycles. The standard InChI is InChI=1S/C27H48O6S3/c1-7-25(8-2,31-22(28)16-34)19-13-20(26(9-3,10-4)32-23(29)17-35)15-21(14-19)27(11-5,12-6)33-24(30)18-36/h19-21,34-36H,7-18H2,1-6H3. The Morgan fingerprint density at radius 2 is 0.722 bits per heavy atom. The van der Waals surface area contributed by atoms with Crippen molar-refractivity contribution in [2.24, 2.45) is 17.8 Å². The smallest absolute Gasteiger partial charge is 0.316 e. The molecule has 1 aliphatic rings. The fourth-order valence-electron chi connectivity index (χ4n) is 6.55. The van der Waals surface area contributed by atoms with Crippen LogP contribution < -0.4 is 0 Å². The normalized spacial score (nSPS) is 21.1. The van der Waals surface area contributed by atoms with Gasteiger partial charge in [0, 0.05) is 0 Å². The van der Waals surface area contributed by atoms with Gasteiger partial charge in [-0.15, -0.1) is 0 Å². The Balaban J connectivity index is 3.68. The van der Waals surface area contributed by atoms with E-state index in [-0.39, 0.29) is 52.9 Å². The summed E-state index contributed by atoms with van der Waals surface area (Å²) in [5.41, 5.74) is -2.01. The molecule has 0 aromatic heterocycles. The predicted octanol–water partition coefficient (Wildman–Crippen LogP) is 6.11. The van der Waals surface area contributed by atoms with Crippen LogP contribution in [0, 0.1) is 17.8 Å². The number of thiol groups is 3. The number of esters is 3. The van der Waals surface area contributed by atoms with Gasteiger partial charge < -0.3 is 14.2 Å². The van der Waals surface area contributed by atoms with Crippen LogP contribution in [0.2, 0.25) is 0 Å². The molecule has 0 aliphatic heterocycles. The molecule has 1 aliphatic carbocycles. The van der Waals surface area contributed by atoms with Crippen molar-refractivity contribution in [3.05, 3.63) is 0 Å². The van der Waals surface area contributed by atoms with E-state index in [0.29, 0.717) is 38.5 Å². The van der Waals surface area contributed by atoms with E-state index in [1.54, 1.807) is 0 Å². The monoisotopic (exact) mass is 564 g/mol. The van der Waals surface area contributed by atoms with E-state index in [1.807, 2.05) is 0 Å². The Labute approximate surface area is 235 Å². The second-order valence-electron chi connectivity index (χ2n) is 10.0. The Kier molecular flexibility index (Phi) is 14.1. The van der Waals surface area contributed by atoms with Crippen LogP contribution in [0.15, 0.2) is 0 Å². The van der Waals surface area contributed by atoms with Crippen LogP contribution in [0.4, 0.5) is 0 Å². The number of carbonyl (C=O) groups is 3. The molecular weight excluding hydrogens is 516 g/mol. The van der Waals surface area contributed by atoms with E-state index in [0.717, 1.165) is 19.3 Å². The van der Waals surface area contributed by atoms with Gasteiger partial charge in [-0.3, -0.25) is 14.4 Å². The summed E-state index contributed by atoms with van der Waals surface area (Å²) in [5, 5.41) is 0. The van der Waals surface area contributed by atoms with E-state index >= 15 is 0 Å². The van der Waals surface area contributed by atoms with E-state index < -0.39 is 16.8 Å². The first-order valence-corrected chi connectivity index (χ1v) is 15.4. The molecular formula is C27H48O6S3. The fraction of sp³-hybridized carbons (Fsp3) is 0.889. The highest BCUT2D eigenvalue weighted by molar-refractivity contribution is 7.81. The molecule has 0 radical (unpaired) electrons. The van der Waals surface area contributed by atoms with Crippen LogP contribution in [0.25, 0.3) is 0 Å². The molecule has 1 rings (SSSR count). The van der Waals surface area contributed by atoms with Crippen LogP contribution in [-0.4, -0.2) is 52.0 Å². The fourth-order valence-corrected chi connectivity index (χ4v) is 6.74. The van der Waals surface area contributed by atoms with Gasteiger partial charge in [0.25, 0.3) is 0 Å². The number of hydrogen-bond donors (Lipinski definition) is 3. The first-order chi connectivity index (χ1) is 17.0. The zero-order valence-electron chi connectivity index (χ0n) is 23.0. The molecule has 0 saturated heterocycles. The molecule has 0 unspecified atom stereocenters. The highest BCUT2D eigenvalue weighted by Crippen LogP contribution is 2.53. The average Bonchev–Trinajstić information content (AvgIpc) is 2.92. The molecule has 36 heavy (non-hydrogen) atoms. The van der Waals surface area contributed by atoms with Crippen LogP contribution in [0.5, 0.6) is 0 Å². The van der Waals surface area contributed by atoms with Crippen molar-refractivity contribution in [3.8, 4) is 0 Å². The summed E-state index contributed by atoms with van der Waals surface area (Å²) in [5.74, 6) is -0.917. The summed E-state index contributed by atoms with van der Waals surface area (Å²) in [4.78, 5) is 37.5. The largest absolute Gasteiger partial charge is 0.458 e. The molecule has 0 aromatic carbocycles. The van der Waals surface area contributed by atoms with Crippen molar-refractivity contribution >= 4 is 55.8 Å². The Bertz CT molecular complexity index is 615. The maximum absolute atomic E-state index is 12.5. The van der Waals surface area contributed by atoms with Crippen molar-refractivity contribution in [1.29, 1.82) is 0 Å². The first-order valence-electron chi connectivity index (χ1n) is 13.5. The van der Waals surface area contributed by atoms with E-state index in [1.165, 1.54) is 0 Å². The summed E-state index contributed by atoms with van der Waals surface area (Å²) in [6.07, 6.45) is 6.24. The minimum Gasteiger partial charge on any atom is -0.458 e. The van der Waals surface area contributed by atoms with Crippen molar-refractivity contribution in [1.82, 2.24) is 0 Å². The maximum Gasteiger partial charge on any atom is 0.316 e. The molecule has 0 spiro atoms. The van der Waals surface area contributed by atoms with Gasteiger partial charge in [0.05, 0.1) is 17.3 Å². The number of hydrogen-bond acceptors (Lipinski definition) is 9. The number of rotatable bonds is 15. The van der Waals surface area contributed by atoms with Crippen LogP contribution in [-0.2, 0) is 28.6 Å². The van der Waals surface area contributed by atoms with Gasteiger partial charge in [0.15, 0.2) is 0 Å². The third-order valence-electron chi connectivity index (χ3n) is 8.87. The highest BCUT2D eigenvalue weighted by Gasteiger charge is 2.54. The first kappa shape index (κ1) is 33.5. The second kappa shape index (κ2) is 15.2. The average molecular weight is 565 g/mol. The molecule has 0 bridgehead atoms. The van der Waals surface area contributed by atoms with Gasteiger partial charge in [-0.25, -0.2) is 0 Å². The van der Waals surface area contributed by atoms with Crippen molar-refractivity contribution in [3.63, 3.8) is 0 Å². The minimum absolute atomic E-state index is 0.0134. The van der Waals surface area contributed by atoms with Gasteiger partial charge in [-0.05, 0) is 75.5 Å². The zero-order chi connectivity index (χ0) is 27.6. The van der Waals surface area contributed by atoms with E-state index in [4.69, 9.17) is 14.2 Å². The summed E-state index contributed by atoms with van der Waals surface area (Å²) >= 11 is 12.4. The van der Waals surface area contributed by atoms with Crippen LogP contribution in [0.3, 0.4) is 0 Å². The van der Waals surface area contributed by atoms with E-state index in [2.05, 4.69) is 79.4 Å². The lowest BCUT2D eigenvalue weighted by atomic mass is 9.58. The molecule has 0 amide bonds. The molecule has 210 valence electrons. The van der Waals surface area contributed by atoms with Crippen molar-refractivity contribution in [2.45, 2.75) is 116 Å². The van der Waals surface area contributed by atoms with Gasteiger partial charge >= 0.3 is 17.9 Å². The Morgan fingerprint density at radius 1 is 0.528 bits per heavy atom. The van der Waals surface area contributed by atoms with Crippen molar-refractivity contribution in [2.75, 3.05) is 17.3 Å². The number of carbonyl (C=O) groups excluding carboxylic acids is 3. The van der Waals surface area contributed by atoms with Crippen molar-refractivity contribution < 1.29 is 28.6 Å². The third kappa shape index (κ3) is 7.52. The Morgan fingerprint density at radius 3 is 0.861 bits per heavy atom. The summed E-state index contributed by atoms with van der Waals surface area (Å²) < 4.78 is 18.4. The maximum atomic E-state index is 12.5. The van der Waals surface area contributed by atoms with Gasteiger partial charge in [0.2, 0.25) is 0 Å². The molecule has 0 N–H and O–H groups in total. The van der Waals surface area contributed by atoms with Crippen LogP contribution >= 0.6 is 37.9 Å². The summed E-state index contributed by atoms with van der Waals surface area (Å²) in [7, 11) is 0. The second-order valence-corrected chi connectivity index (χ2v) is 11.0. The predicted molar refractivity (Wildman–Crippen MR) is 154 cm³/mol. The molecule has 0 atom stereocenters. The minimum atomic E-state index is -0.668. The summed E-state index contributed by atoms with van der Waals surface area (Å²) in [6, 6.07) is 0. The van der Waals surface area contributed by atoms with Crippen LogP contribution in [0.1, 0.15) is 99.3 Å². The lowest BCUT2D eigenvalue weighted by Crippen LogP contribution is -2.55.